The zero-order valence-corrected chi connectivity index (χ0v) is 27.9. The maximum atomic E-state index is 14.9. The van der Waals surface area contributed by atoms with Crippen molar-refractivity contribution < 1.29 is 37.1 Å². The first-order valence-electron chi connectivity index (χ1n) is 14.2. The van der Waals surface area contributed by atoms with Crippen LogP contribution in [-0.4, -0.2) is 36.9 Å². The molecule has 0 aliphatic carbocycles. The average Bonchev–Trinajstić information content (AvgIpc) is 3.22. The molecule has 1 heterocycles. The van der Waals surface area contributed by atoms with Crippen molar-refractivity contribution >= 4 is 20.9 Å². The van der Waals surface area contributed by atoms with Gasteiger partial charge in [-0.05, 0) is 74.4 Å². The zero-order valence-electron chi connectivity index (χ0n) is 26.1. The van der Waals surface area contributed by atoms with E-state index in [9.17, 15) is 14.2 Å². The van der Waals surface area contributed by atoms with Gasteiger partial charge in [-0.2, -0.15) is 0 Å². The number of hydrogen-bond donors (Lipinski definition) is 2. The molecule has 0 aromatic heterocycles. The van der Waals surface area contributed by atoms with Crippen molar-refractivity contribution in [3.05, 3.63) is 53.1 Å². The van der Waals surface area contributed by atoms with E-state index in [1.54, 1.807) is 39.8 Å². The lowest BCUT2D eigenvalue weighted by atomic mass is 9.80. The van der Waals surface area contributed by atoms with Crippen LogP contribution in [0.25, 0.3) is 0 Å². The van der Waals surface area contributed by atoms with E-state index < -0.39 is 26.3 Å². The Labute approximate surface area is 245 Å². The Kier molecular flexibility index (Phi) is 10.2. The summed E-state index contributed by atoms with van der Waals surface area (Å²) in [5.74, 6) is 0.555. The summed E-state index contributed by atoms with van der Waals surface area (Å²) in [5.41, 5.74) is 0.723. The quantitative estimate of drug-likeness (QED) is 0.228. The fraction of sp³-hybridized carbons (Fsp3) is 0.600. The third-order valence-electron chi connectivity index (χ3n) is 6.84. The van der Waals surface area contributed by atoms with Crippen LogP contribution in [0.15, 0.2) is 36.4 Å². The lowest BCUT2D eigenvalue weighted by Crippen LogP contribution is -2.49. The number of nitrogens with one attached hydrogen (secondary N) is 1. The Morgan fingerprint density at radius 3 is 1.66 bits per heavy atom. The van der Waals surface area contributed by atoms with E-state index in [2.05, 4.69) is 52.9 Å². The first kappa shape index (κ1) is 33.6. The van der Waals surface area contributed by atoms with E-state index in [-0.39, 0.29) is 43.0 Å². The summed E-state index contributed by atoms with van der Waals surface area (Å²) < 4.78 is 60.1. The van der Waals surface area contributed by atoms with E-state index >= 15 is 0 Å². The molecular formula is C30H47NO8P2. The molecule has 0 bridgehead atoms. The van der Waals surface area contributed by atoms with Crippen LogP contribution < -0.4 is 10.1 Å². The molecule has 0 fully saturated rings. The number of phenols is 1. The Morgan fingerprint density at radius 1 is 0.805 bits per heavy atom. The highest BCUT2D eigenvalue weighted by molar-refractivity contribution is 7.72. The highest BCUT2D eigenvalue weighted by Crippen LogP contribution is 2.76. The van der Waals surface area contributed by atoms with Gasteiger partial charge in [0.05, 0.1) is 32.1 Å². The molecule has 0 saturated heterocycles. The number of benzene rings is 2. The molecule has 1 aliphatic heterocycles. The van der Waals surface area contributed by atoms with Gasteiger partial charge in [-0.25, -0.2) is 0 Å². The van der Waals surface area contributed by atoms with Gasteiger partial charge in [0.15, 0.2) is 0 Å². The standard InChI is InChI=1S/C30H47NO8P2/c1-11-35-40(33,36-12-2)27(41(34,37-13-3)38-14-4)30(21-15-17-23(32)18-16-21)31-25-20-22(28(5,6)7)19-24(26(25)39-30)29(8,9)10/h15-20,27,31-32H,11-14H2,1-10H3. The molecular weight excluding hydrogens is 564 g/mol. The SMILES string of the molecule is CCOP(=O)(OCC)C(C1(c2ccc(O)cc2)Nc2cc(C(C)(C)C)cc(C(C)(C)C)c2O1)P(=O)(OCC)OCC. The second-order valence-electron chi connectivity index (χ2n) is 12.0. The predicted octanol–water partition coefficient (Wildman–Crippen LogP) is 8.50. The van der Waals surface area contributed by atoms with Crippen LogP contribution in [0.3, 0.4) is 0 Å². The van der Waals surface area contributed by atoms with Gasteiger partial charge in [-0.15, -0.1) is 0 Å². The Morgan fingerprint density at radius 2 is 1.27 bits per heavy atom. The molecule has 2 aromatic rings. The van der Waals surface area contributed by atoms with Crippen LogP contribution >= 0.6 is 15.2 Å². The fourth-order valence-electron chi connectivity index (χ4n) is 5.01. The van der Waals surface area contributed by atoms with E-state index in [4.69, 9.17) is 22.8 Å². The number of rotatable bonds is 12. The molecule has 0 saturated carbocycles. The summed E-state index contributed by atoms with van der Waals surface area (Å²) in [6.45, 7) is 19.5. The minimum absolute atomic E-state index is 0.0199. The largest absolute Gasteiger partial charge is 0.508 e. The molecule has 1 atom stereocenters. The van der Waals surface area contributed by atoms with E-state index in [1.807, 2.05) is 6.07 Å². The van der Waals surface area contributed by atoms with Gasteiger partial charge in [-0.1, -0.05) is 47.6 Å². The molecule has 2 N–H and O–H groups in total. The van der Waals surface area contributed by atoms with E-state index in [0.717, 1.165) is 11.1 Å². The molecule has 0 amide bonds. The van der Waals surface area contributed by atoms with Crippen LogP contribution in [0.1, 0.15) is 85.9 Å². The first-order valence-corrected chi connectivity index (χ1v) is 17.5. The molecule has 3 rings (SSSR count). The number of anilines is 1. The summed E-state index contributed by atoms with van der Waals surface area (Å²) in [6, 6.07) is 10.4. The molecule has 0 radical (unpaired) electrons. The van der Waals surface area contributed by atoms with Gasteiger partial charge >= 0.3 is 15.2 Å². The van der Waals surface area contributed by atoms with Crippen molar-refractivity contribution in [2.45, 2.75) is 91.2 Å². The van der Waals surface area contributed by atoms with Gasteiger partial charge in [0.2, 0.25) is 11.1 Å². The van der Waals surface area contributed by atoms with E-state index in [1.165, 1.54) is 12.1 Å². The van der Waals surface area contributed by atoms with Gasteiger partial charge in [0.25, 0.3) is 0 Å². The Hall–Kier alpha value is -1.86. The van der Waals surface area contributed by atoms with Crippen molar-refractivity contribution in [2.75, 3.05) is 31.7 Å². The monoisotopic (exact) mass is 611 g/mol. The number of ether oxygens (including phenoxy) is 1. The summed E-state index contributed by atoms with van der Waals surface area (Å²) in [7, 11) is -8.59. The molecule has 1 aliphatic rings. The van der Waals surface area contributed by atoms with Crippen molar-refractivity contribution in [1.29, 1.82) is 0 Å². The highest BCUT2D eigenvalue weighted by atomic mass is 31.2. The number of aromatic hydroxyl groups is 1. The van der Waals surface area contributed by atoms with Crippen molar-refractivity contribution in [3.63, 3.8) is 0 Å². The van der Waals surface area contributed by atoms with Gasteiger partial charge in [0, 0.05) is 11.1 Å². The van der Waals surface area contributed by atoms with Crippen molar-refractivity contribution in [1.82, 2.24) is 0 Å². The highest BCUT2D eigenvalue weighted by Gasteiger charge is 2.67. The van der Waals surface area contributed by atoms with Crippen LogP contribution in [0.5, 0.6) is 11.5 Å². The maximum Gasteiger partial charge on any atom is 0.352 e. The Bertz CT molecular complexity index is 1250. The predicted molar refractivity (Wildman–Crippen MR) is 163 cm³/mol. The van der Waals surface area contributed by atoms with Crippen molar-refractivity contribution in [2.24, 2.45) is 0 Å². The van der Waals surface area contributed by atoms with Crippen LogP contribution in [-0.2, 0) is 43.8 Å². The summed E-state index contributed by atoms with van der Waals surface area (Å²) in [4.78, 5) is 0. The normalized spacial score (nSPS) is 17.8. The Balaban J connectivity index is 2.49. The summed E-state index contributed by atoms with van der Waals surface area (Å²) in [5, 5.41) is 12.1. The molecule has 9 nitrogen and oxygen atoms in total. The minimum Gasteiger partial charge on any atom is -0.508 e. The third kappa shape index (κ3) is 6.71. The lowest BCUT2D eigenvalue weighted by molar-refractivity contribution is 0.0935. The average molecular weight is 612 g/mol. The number of fused-ring (bicyclic) bond motifs is 1. The smallest absolute Gasteiger partial charge is 0.352 e. The number of phenolic OH excluding ortho intramolecular Hbond substituents is 1. The van der Waals surface area contributed by atoms with Gasteiger partial charge in [0.1, 0.15) is 11.5 Å². The van der Waals surface area contributed by atoms with Crippen LogP contribution in [0, 0.1) is 0 Å². The van der Waals surface area contributed by atoms with E-state index in [0.29, 0.717) is 17.0 Å². The third-order valence-corrected chi connectivity index (χ3v) is 12.9. The van der Waals surface area contributed by atoms with Gasteiger partial charge in [-0.3, -0.25) is 9.13 Å². The minimum atomic E-state index is -4.29. The lowest BCUT2D eigenvalue weighted by Gasteiger charge is -2.42. The number of hydrogen-bond acceptors (Lipinski definition) is 9. The van der Waals surface area contributed by atoms with Crippen LogP contribution in [0.2, 0.25) is 0 Å². The molecule has 2 aromatic carbocycles. The summed E-state index contributed by atoms with van der Waals surface area (Å²) in [6.07, 6.45) is 0. The zero-order chi connectivity index (χ0) is 30.9. The topological polar surface area (TPSA) is 113 Å². The molecule has 230 valence electrons. The molecule has 41 heavy (non-hydrogen) atoms. The molecule has 11 heteroatoms. The fourth-order valence-corrected chi connectivity index (χ4v) is 10.8. The van der Waals surface area contributed by atoms with Crippen LogP contribution in [0.4, 0.5) is 5.69 Å². The van der Waals surface area contributed by atoms with Gasteiger partial charge < -0.3 is 33.3 Å². The van der Waals surface area contributed by atoms with Crippen molar-refractivity contribution in [3.8, 4) is 11.5 Å². The molecule has 1 unspecified atom stereocenters. The summed E-state index contributed by atoms with van der Waals surface area (Å²) >= 11 is 0. The molecule has 0 spiro atoms. The maximum absolute atomic E-state index is 14.9. The first-order chi connectivity index (χ1) is 19.0. The second-order valence-corrected chi connectivity index (χ2v) is 16.7. The second kappa shape index (κ2) is 12.4.